The molecule has 2 amide bonds. The van der Waals surface area contributed by atoms with Crippen LogP contribution in [-0.2, 0) is 14.4 Å². The van der Waals surface area contributed by atoms with Crippen LogP contribution in [0.25, 0.3) is 0 Å². The molecule has 1 saturated heterocycles. The van der Waals surface area contributed by atoms with Gasteiger partial charge < -0.3 is 33.5 Å². The largest absolute Gasteiger partial charge is 1.00 e. The molecule has 5 N–H and O–H groups in total. The fourth-order valence-corrected chi connectivity index (χ4v) is 2.91. The van der Waals surface area contributed by atoms with Gasteiger partial charge in [-0.25, -0.2) is 4.79 Å². The van der Waals surface area contributed by atoms with E-state index in [0.29, 0.717) is 25.9 Å². The first-order valence-electron chi connectivity index (χ1n) is 8.84. The van der Waals surface area contributed by atoms with Crippen molar-refractivity contribution in [2.24, 2.45) is 17.8 Å². The van der Waals surface area contributed by atoms with Crippen LogP contribution in [0.3, 0.4) is 0 Å². The standard InChI is InChI=1S/C17H31N3O4.ClH/c1-5-11(4)13(18)16(22)20-8-6-12(7-9-20)15(21)19-14(10(2)3)17(23)24;/h10-14H,5-9,18H2,1-4H3,(H,19,21)(H,23,24);1H/t11?,13-,14+;/m0./s1. The van der Waals surface area contributed by atoms with E-state index in [1.165, 1.54) is 0 Å². The summed E-state index contributed by atoms with van der Waals surface area (Å²) in [4.78, 5) is 37.7. The molecule has 1 rings (SSSR count). The van der Waals surface area contributed by atoms with Gasteiger partial charge in [-0.2, -0.15) is 0 Å². The molecule has 1 fully saturated rings. The fourth-order valence-electron chi connectivity index (χ4n) is 2.91. The minimum Gasteiger partial charge on any atom is -1.00 e. The Morgan fingerprint density at radius 1 is 1.20 bits per heavy atom. The average molecular weight is 378 g/mol. The number of nitrogens with one attached hydrogen (secondary N) is 1. The molecule has 0 aromatic rings. The molecule has 0 saturated carbocycles. The third kappa shape index (κ3) is 6.47. The van der Waals surface area contributed by atoms with Crippen LogP contribution >= 0.6 is 0 Å². The maximum Gasteiger partial charge on any atom is 0.326 e. The molecule has 3 atom stereocenters. The summed E-state index contributed by atoms with van der Waals surface area (Å²) in [7, 11) is 0. The van der Waals surface area contributed by atoms with Crippen molar-refractivity contribution < 1.29 is 37.6 Å². The first-order chi connectivity index (χ1) is 11.2. The van der Waals surface area contributed by atoms with Gasteiger partial charge in [0, 0.05) is 24.9 Å². The molecule has 146 valence electrons. The number of carboxylic acids is 1. The van der Waals surface area contributed by atoms with E-state index in [1.807, 2.05) is 13.8 Å². The van der Waals surface area contributed by atoms with Crippen LogP contribution in [0.5, 0.6) is 0 Å². The SMILES string of the molecule is CCC(C)[C@H]([NH3+])C(=O)N1CCC(C(=O)N[C@@H](C(=O)O)C(C)C)CC1.[Cl-]. The van der Waals surface area contributed by atoms with Crippen LogP contribution in [0.15, 0.2) is 0 Å². The van der Waals surface area contributed by atoms with Crippen LogP contribution in [0.1, 0.15) is 47.0 Å². The van der Waals surface area contributed by atoms with E-state index in [2.05, 4.69) is 11.1 Å². The topological polar surface area (TPSA) is 114 Å². The quantitative estimate of drug-likeness (QED) is 0.442. The number of carbonyl (C=O) groups excluding carboxylic acids is 2. The van der Waals surface area contributed by atoms with E-state index >= 15 is 0 Å². The summed E-state index contributed by atoms with van der Waals surface area (Å²) in [6.07, 6.45) is 2.04. The Morgan fingerprint density at radius 3 is 2.12 bits per heavy atom. The molecule has 1 aliphatic heterocycles. The van der Waals surface area contributed by atoms with E-state index < -0.39 is 12.0 Å². The van der Waals surface area contributed by atoms with Crippen molar-refractivity contribution >= 4 is 17.8 Å². The van der Waals surface area contributed by atoms with Gasteiger partial charge in [0.15, 0.2) is 6.04 Å². The highest BCUT2D eigenvalue weighted by molar-refractivity contribution is 5.85. The molecule has 0 aromatic heterocycles. The van der Waals surface area contributed by atoms with Gasteiger partial charge in [0.25, 0.3) is 5.91 Å². The lowest BCUT2D eigenvalue weighted by atomic mass is 9.93. The molecule has 25 heavy (non-hydrogen) atoms. The lowest BCUT2D eigenvalue weighted by molar-refractivity contribution is -0.417. The second-order valence-electron chi connectivity index (χ2n) is 7.16. The first-order valence-corrected chi connectivity index (χ1v) is 8.84. The number of carboxylic acid groups (broad SMARTS) is 1. The molecule has 1 unspecified atom stereocenters. The smallest absolute Gasteiger partial charge is 0.326 e. The highest BCUT2D eigenvalue weighted by Gasteiger charge is 2.34. The normalized spacial score (nSPS) is 18.9. The number of halogens is 1. The van der Waals surface area contributed by atoms with Crippen molar-refractivity contribution in [1.29, 1.82) is 0 Å². The Morgan fingerprint density at radius 2 is 1.72 bits per heavy atom. The van der Waals surface area contributed by atoms with Gasteiger partial charge in [-0.05, 0) is 25.2 Å². The highest BCUT2D eigenvalue weighted by Crippen LogP contribution is 2.19. The van der Waals surface area contributed by atoms with Gasteiger partial charge in [0.2, 0.25) is 5.91 Å². The van der Waals surface area contributed by atoms with Crippen LogP contribution in [0.2, 0.25) is 0 Å². The summed E-state index contributed by atoms with van der Waals surface area (Å²) in [5.74, 6) is -1.36. The zero-order chi connectivity index (χ0) is 18.4. The summed E-state index contributed by atoms with van der Waals surface area (Å²) >= 11 is 0. The molecule has 7 nitrogen and oxygen atoms in total. The number of rotatable bonds is 7. The molecule has 0 aromatic carbocycles. The highest BCUT2D eigenvalue weighted by atomic mass is 35.5. The van der Waals surface area contributed by atoms with Crippen molar-refractivity contribution in [2.75, 3.05) is 13.1 Å². The first kappa shape index (κ1) is 23.7. The Balaban J connectivity index is 0.00000576. The third-order valence-electron chi connectivity index (χ3n) is 5.06. The van der Waals surface area contributed by atoms with Crippen LogP contribution < -0.4 is 23.5 Å². The van der Waals surface area contributed by atoms with Crippen molar-refractivity contribution in [3.63, 3.8) is 0 Å². The van der Waals surface area contributed by atoms with Crippen molar-refractivity contribution in [2.45, 2.75) is 59.0 Å². The second-order valence-corrected chi connectivity index (χ2v) is 7.16. The Kier molecular flexibility index (Phi) is 10.0. The number of likely N-dealkylation sites (tertiary alicyclic amines) is 1. The zero-order valence-electron chi connectivity index (χ0n) is 15.6. The lowest BCUT2D eigenvalue weighted by Gasteiger charge is -2.33. The molecule has 1 heterocycles. The Labute approximate surface area is 156 Å². The minimum absolute atomic E-state index is 0. The maximum absolute atomic E-state index is 12.4. The van der Waals surface area contributed by atoms with Crippen LogP contribution in [0.4, 0.5) is 0 Å². The van der Waals surface area contributed by atoms with Crippen molar-refractivity contribution in [3.05, 3.63) is 0 Å². The predicted octanol–water partition coefficient (Wildman–Crippen LogP) is -2.89. The van der Waals surface area contributed by atoms with Crippen molar-refractivity contribution in [3.8, 4) is 0 Å². The van der Waals surface area contributed by atoms with Gasteiger partial charge >= 0.3 is 5.97 Å². The molecule has 0 bridgehead atoms. The number of hydrogen-bond acceptors (Lipinski definition) is 3. The van der Waals surface area contributed by atoms with Gasteiger partial charge in [-0.15, -0.1) is 0 Å². The summed E-state index contributed by atoms with van der Waals surface area (Å²) in [5, 5.41) is 11.8. The summed E-state index contributed by atoms with van der Waals surface area (Å²) in [6, 6.07) is -1.12. The van der Waals surface area contributed by atoms with Crippen molar-refractivity contribution in [1.82, 2.24) is 10.2 Å². The molecular formula is C17H32ClN3O4. The molecule has 8 heteroatoms. The van der Waals surface area contributed by atoms with Gasteiger partial charge in [-0.1, -0.05) is 27.7 Å². The van der Waals surface area contributed by atoms with Gasteiger partial charge in [0.05, 0.1) is 0 Å². The van der Waals surface area contributed by atoms with E-state index in [1.54, 1.807) is 18.7 Å². The lowest BCUT2D eigenvalue weighted by Crippen LogP contribution is -3.00. The molecule has 1 aliphatic rings. The molecule has 0 aliphatic carbocycles. The minimum atomic E-state index is -1.01. The van der Waals surface area contributed by atoms with E-state index in [9.17, 15) is 14.4 Å². The average Bonchev–Trinajstić information content (AvgIpc) is 2.56. The summed E-state index contributed by atoms with van der Waals surface area (Å²) in [6.45, 7) is 8.65. The fraction of sp³-hybridized carbons (Fsp3) is 0.824. The number of quaternary nitrogens is 1. The van der Waals surface area contributed by atoms with E-state index in [4.69, 9.17) is 5.11 Å². The molecule has 0 radical (unpaired) electrons. The number of aliphatic carboxylic acids is 1. The van der Waals surface area contributed by atoms with E-state index in [0.717, 1.165) is 6.42 Å². The molecule has 0 spiro atoms. The third-order valence-corrected chi connectivity index (χ3v) is 5.06. The number of hydrogen-bond donors (Lipinski definition) is 3. The van der Waals surface area contributed by atoms with Gasteiger partial charge in [-0.3, -0.25) is 9.59 Å². The summed E-state index contributed by atoms with van der Waals surface area (Å²) < 4.78 is 0. The Bertz CT molecular complexity index is 465. The van der Waals surface area contributed by atoms with Crippen LogP contribution in [0, 0.1) is 17.8 Å². The number of nitrogens with zero attached hydrogens (tertiary/aromatic N) is 1. The number of amides is 2. The van der Waals surface area contributed by atoms with Gasteiger partial charge in [0.1, 0.15) is 6.04 Å². The van der Waals surface area contributed by atoms with E-state index in [-0.39, 0.29) is 48.0 Å². The van der Waals surface area contributed by atoms with Crippen LogP contribution in [-0.4, -0.2) is 53.0 Å². The second kappa shape index (κ2) is 10.6. The molecular weight excluding hydrogens is 346 g/mol. The maximum atomic E-state index is 12.4. The predicted molar refractivity (Wildman–Crippen MR) is 89.8 cm³/mol. The zero-order valence-corrected chi connectivity index (χ0v) is 16.4. The number of carbonyl (C=O) groups is 3. The Hall–Kier alpha value is -1.34. The summed E-state index contributed by atoms with van der Waals surface area (Å²) in [5.41, 5.74) is 3.98. The monoisotopic (exact) mass is 377 g/mol. The number of piperidine rings is 1.